The Labute approximate surface area is 188 Å². The van der Waals surface area contributed by atoms with E-state index >= 15 is 0 Å². The molecule has 4 rings (SSSR count). The van der Waals surface area contributed by atoms with Gasteiger partial charge in [0, 0.05) is 30.7 Å². The quantitative estimate of drug-likeness (QED) is 0.550. The maximum absolute atomic E-state index is 11.3. The molecule has 2 fully saturated rings. The number of piperidine rings is 1. The Morgan fingerprint density at radius 1 is 1.10 bits per heavy atom. The summed E-state index contributed by atoms with van der Waals surface area (Å²) >= 11 is 5.98. The lowest BCUT2D eigenvalue weighted by Crippen LogP contribution is -2.49. The molecule has 2 heterocycles. The van der Waals surface area contributed by atoms with Crippen LogP contribution in [0.4, 0.5) is 16.2 Å². The van der Waals surface area contributed by atoms with E-state index in [-0.39, 0.29) is 6.04 Å². The lowest BCUT2D eigenvalue weighted by Gasteiger charge is -2.34. The average molecular weight is 444 g/mol. The van der Waals surface area contributed by atoms with E-state index in [1.807, 2.05) is 36.4 Å². The summed E-state index contributed by atoms with van der Waals surface area (Å²) in [6.07, 6.45) is 1.64. The number of likely N-dealkylation sites (tertiary alicyclic amines) is 1. The van der Waals surface area contributed by atoms with E-state index in [1.165, 1.54) is 5.56 Å². The number of rotatable bonds is 6. The van der Waals surface area contributed by atoms with Crippen molar-refractivity contribution in [3.8, 4) is 0 Å². The van der Waals surface area contributed by atoms with Gasteiger partial charge in [0.2, 0.25) is 0 Å². The molecular weight excluding hydrogens is 414 g/mol. The van der Waals surface area contributed by atoms with Crippen LogP contribution in [0.3, 0.4) is 0 Å². The Morgan fingerprint density at radius 2 is 1.81 bits per heavy atom. The van der Waals surface area contributed by atoms with Gasteiger partial charge in [0.25, 0.3) is 0 Å². The van der Waals surface area contributed by atoms with E-state index in [1.54, 1.807) is 0 Å². The zero-order valence-corrected chi connectivity index (χ0v) is 18.3. The van der Waals surface area contributed by atoms with Gasteiger partial charge in [-0.05, 0) is 55.8 Å². The molecule has 0 bridgehead atoms. The molecule has 2 amide bonds. The van der Waals surface area contributed by atoms with E-state index in [0.29, 0.717) is 24.8 Å². The van der Waals surface area contributed by atoms with Crippen LogP contribution in [0, 0.1) is 0 Å². The monoisotopic (exact) mass is 443 g/mol. The number of hydrogen-bond donors (Lipinski definition) is 4. The molecule has 0 spiro atoms. The molecule has 0 saturated carbocycles. The fourth-order valence-electron chi connectivity index (χ4n) is 4.54. The van der Waals surface area contributed by atoms with Crippen LogP contribution >= 0.6 is 11.6 Å². The number of amides is 2. The fourth-order valence-corrected chi connectivity index (χ4v) is 4.67. The van der Waals surface area contributed by atoms with Gasteiger partial charge in [0.15, 0.2) is 0 Å². The third-order valence-corrected chi connectivity index (χ3v) is 6.40. The molecule has 0 aliphatic carbocycles. The van der Waals surface area contributed by atoms with Gasteiger partial charge in [0.05, 0.1) is 23.5 Å². The van der Waals surface area contributed by atoms with Crippen molar-refractivity contribution >= 4 is 29.0 Å². The summed E-state index contributed by atoms with van der Waals surface area (Å²) in [7, 11) is 0. The second-order valence-corrected chi connectivity index (χ2v) is 8.87. The maximum Gasteiger partial charge on any atom is 0.316 e. The van der Waals surface area contributed by atoms with Gasteiger partial charge in [-0.25, -0.2) is 4.79 Å². The fraction of sp³-hybridized carbons (Fsp3) is 0.435. The number of benzene rings is 2. The van der Waals surface area contributed by atoms with Crippen LogP contribution in [-0.4, -0.2) is 60.4 Å². The number of nitrogens with two attached hydrogens (primary N) is 1. The van der Waals surface area contributed by atoms with Crippen LogP contribution in [0.15, 0.2) is 48.5 Å². The maximum atomic E-state index is 11.3. The lowest BCUT2D eigenvalue weighted by atomic mass is 10.0. The predicted molar refractivity (Wildman–Crippen MR) is 125 cm³/mol. The molecule has 2 aromatic carbocycles. The number of aliphatic hydroxyl groups is 1. The number of hydrogen-bond acceptors (Lipinski definition) is 5. The molecule has 7 nitrogen and oxygen atoms in total. The number of aliphatic hydroxyl groups excluding tert-OH is 1. The third kappa shape index (κ3) is 5.68. The Hall–Kier alpha value is -2.32. The molecule has 2 aromatic rings. The van der Waals surface area contributed by atoms with Gasteiger partial charge in [-0.3, -0.25) is 4.90 Å². The SMILES string of the molecule is NC(=O)Nc1ccccc1N1CC(O)C(NC2CCN(Cc3ccc(Cl)cc3)CC2)C1. The Morgan fingerprint density at radius 3 is 2.52 bits per heavy atom. The van der Waals surface area contributed by atoms with Crippen molar-refractivity contribution < 1.29 is 9.90 Å². The summed E-state index contributed by atoms with van der Waals surface area (Å²) in [5.74, 6) is 0. The first-order chi connectivity index (χ1) is 15.0. The predicted octanol–water partition coefficient (Wildman–Crippen LogP) is 2.63. The van der Waals surface area contributed by atoms with Gasteiger partial charge in [-0.2, -0.15) is 0 Å². The number of halogens is 1. The molecule has 166 valence electrons. The lowest BCUT2D eigenvalue weighted by molar-refractivity contribution is 0.136. The van der Waals surface area contributed by atoms with E-state index in [0.717, 1.165) is 43.2 Å². The first-order valence-corrected chi connectivity index (χ1v) is 11.2. The van der Waals surface area contributed by atoms with Gasteiger partial charge in [0.1, 0.15) is 0 Å². The van der Waals surface area contributed by atoms with Crippen molar-refractivity contribution in [1.82, 2.24) is 10.2 Å². The molecule has 5 N–H and O–H groups in total. The highest BCUT2D eigenvalue weighted by Gasteiger charge is 2.34. The van der Waals surface area contributed by atoms with Gasteiger partial charge >= 0.3 is 6.03 Å². The molecule has 2 unspecified atom stereocenters. The van der Waals surface area contributed by atoms with Crippen molar-refractivity contribution in [2.45, 2.75) is 37.6 Å². The largest absolute Gasteiger partial charge is 0.390 e. The molecule has 2 saturated heterocycles. The smallest absolute Gasteiger partial charge is 0.316 e. The molecule has 2 aliphatic rings. The number of nitrogens with zero attached hydrogens (tertiary/aromatic N) is 2. The Kier molecular flexibility index (Phi) is 6.97. The van der Waals surface area contributed by atoms with E-state index < -0.39 is 12.1 Å². The van der Waals surface area contributed by atoms with Crippen molar-refractivity contribution in [2.75, 3.05) is 36.4 Å². The van der Waals surface area contributed by atoms with Crippen molar-refractivity contribution in [2.24, 2.45) is 5.73 Å². The highest BCUT2D eigenvalue weighted by molar-refractivity contribution is 6.30. The second-order valence-electron chi connectivity index (χ2n) is 8.43. The van der Waals surface area contributed by atoms with E-state index in [4.69, 9.17) is 17.3 Å². The first kappa shape index (κ1) is 21.9. The molecule has 0 radical (unpaired) electrons. The summed E-state index contributed by atoms with van der Waals surface area (Å²) in [6, 6.07) is 15.4. The molecule has 0 aromatic heterocycles. The van der Waals surface area contributed by atoms with Gasteiger partial charge in [-0.1, -0.05) is 35.9 Å². The molecule has 8 heteroatoms. The second kappa shape index (κ2) is 9.87. The topological polar surface area (TPSA) is 93.9 Å². The Bertz CT molecular complexity index is 886. The molecular formula is C23H30ClN5O2. The van der Waals surface area contributed by atoms with Gasteiger partial charge in [-0.15, -0.1) is 0 Å². The normalized spacial score (nSPS) is 22.6. The summed E-state index contributed by atoms with van der Waals surface area (Å²) in [6.45, 7) is 4.19. The molecule has 2 aliphatic heterocycles. The van der Waals surface area contributed by atoms with Crippen molar-refractivity contribution in [1.29, 1.82) is 0 Å². The summed E-state index contributed by atoms with van der Waals surface area (Å²) < 4.78 is 0. The zero-order chi connectivity index (χ0) is 21.8. The standard InChI is InChI=1S/C23H30ClN5O2/c24-17-7-5-16(6-8-17)13-28-11-9-18(10-12-28)26-20-14-29(15-22(20)30)21-4-2-1-3-19(21)27-23(25)31/h1-8,18,20,22,26,30H,9-15H2,(H3,25,27,31). The number of para-hydroxylation sites is 2. The minimum atomic E-state index is -0.591. The minimum Gasteiger partial charge on any atom is -0.390 e. The highest BCUT2D eigenvalue weighted by Crippen LogP contribution is 2.29. The first-order valence-electron chi connectivity index (χ1n) is 10.8. The minimum absolute atomic E-state index is 0.00514. The number of primary amides is 1. The van der Waals surface area contributed by atoms with Crippen LogP contribution in [0.5, 0.6) is 0 Å². The third-order valence-electron chi connectivity index (χ3n) is 6.15. The van der Waals surface area contributed by atoms with E-state index in [9.17, 15) is 9.90 Å². The molecule has 2 atom stereocenters. The van der Waals surface area contributed by atoms with Crippen LogP contribution in [-0.2, 0) is 6.54 Å². The number of β-amino-alcohol motifs (C(OH)–C–C–N with tert-alkyl or cyclic N) is 1. The summed E-state index contributed by atoms with van der Waals surface area (Å²) in [4.78, 5) is 15.9. The zero-order valence-electron chi connectivity index (χ0n) is 17.5. The van der Waals surface area contributed by atoms with E-state index in [2.05, 4.69) is 32.6 Å². The number of carbonyl (C=O) groups is 1. The number of nitrogens with one attached hydrogen (secondary N) is 2. The van der Waals surface area contributed by atoms with Crippen LogP contribution in [0.1, 0.15) is 18.4 Å². The van der Waals surface area contributed by atoms with Gasteiger partial charge < -0.3 is 26.4 Å². The number of urea groups is 1. The summed E-state index contributed by atoms with van der Waals surface area (Å²) in [5, 5.41) is 17.8. The van der Waals surface area contributed by atoms with Crippen molar-refractivity contribution in [3.05, 3.63) is 59.1 Å². The number of anilines is 2. The summed E-state index contributed by atoms with van der Waals surface area (Å²) in [5.41, 5.74) is 8.12. The average Bonchev–Trinajstić information content (AvgIpc) is 3.11. The highest BCUT2D eigenvalue weighted by atomic mass is 35.5. The molecule has 31 heavy (non-hydrogen) atoms. The Balaban J connectivity index is 1.29. The van der Waals surface area contributed by atoms with Crippen LogP contribution < -0.4 is 21.3 Å². The van der Waals surface area contributed by atoms with Crippen LogP contribution in [0.2, 0.25) is 5.02 Å². The van der Waals surface area contributed by atoms with Crippen molar-refractivity contribution in [3.63, 3.8) is 0 Å². The van der Waals surface area contributed by atoms with Crippen LogP contribution in [0.25, 0.3) is 0 Å². The number of carbonyl (C=O) groups excluding carboxylic acids is 1.